The van der Waals surface area contributed by atoms with E-state index in [0.717, 1.165) is 0 Å². The van der Waals surface area contributed by atoms with Gasteiger partial charge in [0.1, 0.15) is 54.9 Å². The molecule has 0 saturated carbocycles. The summed E-state index contributed by atoms with van der Waals surface area (Å²) in [4.78, 5) is 0. The molecule has 3 fully saturated rings. The summed E-state index contributed by atoms with van der Waals surface area (Å²) in [5.74, 6) is 0. The van der Waals surface area contributed by atoms with Gasteiger partial charge in [0, 0.05) is 6.42 Å². The van der Waals surface area contributed by atoms with Crippen LogP contribution in [-0.4, -0.2) is 157 Å². The molecule has 15 heteroatoms. The molecular weight excluding hydrogens is 456 g/mol. The molecule has 15 nitrogen and oxygen atoms in total. The molecule has 0 aromatic heterocycles. The van der Waals surface area contributed by atoms with Gasteiger partial charge in [-0.15, -0.1) is 0 Å². The molecule has 33 heavy (non-hydrogen) atoms. The number of rotatable bonds is 7. The molecule has 194 valence electrons. The standard InChI is InChI=1S/C18H32O15/c19-2-7-10(22)13(25)15(27)18(33-7)29-3-5-1-6(20)9(21)17(31-5)30-4-8-11(23)12(24)14(26)16(28)32-8/h5-28H,1-4H2/t5-,6-,7+,8+,9+,10+,11-,12-,13-,14+,15+,16+,17+,18+/m0/s1. The summed E-state index contributed by atoms with van der Waals surface area (Å²) in [6.45, 7) is -1.43. The second-order valence-electron chi connectivity index (χ2n) is 8.32. The lowest BCUT2D eigenvalue weighted by atomic mass is 9.99. The molecule has 0 aliphatic carbocycles. The smallest absolute Gasteiger partial charge is 0.186 e. The lowest BCUT2D eigenvalue weighted by Crippen LogP contribution is -2.60. The van der Waals surface area contributed by atoms with E-state index >= 15 is 0 Å². The van der Waals surface area contributed by atoms with E-state index in [9.17, 15) is 51.1 Å². The Morgan fingerprint density at radius 1 is 0.576 bits per heavy atom. The highest BCUT2D eigenvalue weighted by atomic mass is 16.7. The van der Waals surface area contributed by atoms with E-state index in [1.807, 2.05) is 0 Å². The van der Waals surface area contributed by atoms with Crippen LogP contribution in [0.3, 0.4) is 0 Å². The van der Waals surface area contributed by atoms with Crippen LogP contribution in [0.25, 0.3) is 0 Å². The van der Waals surface area contributed by atoms with E-state index < -0.39 is 99.2 Å². The van der Waals surface area contributed by atoms with Crippen molar-refractivity contribution in [2.45, 2.75) is 92.4 Å². The van der Waals surface area contributed by atoms with Crippen LogP contribution in [-0.2, 0) is 23.7 Å². The van der Waals surface area contributed by atoms with E-state index in [-0.39, 0.29) is 13.0 Å². The molecule has 0 unspecified atom stereocenters. The summed E-state index contributed by atoms with van der Waals surface area (Å²) in [7, 11) is 0. The van der Waals surface area contributed by atoms with Gasteiger partial charge in [0.2, 0.25) is 0 Å². The van der Waals surface area contributed by atoms with Crippen LogP contribution in [0, 0.1) is 0 Å². The van der Waals surface area contributed by atoms with Gasteiger partial charge in [-0.3, -0.25) is 0 Å². The van der Waals surface area contributed by atoms with Crippen molar-refractivity contribution in [3.8, 4) is 0 Å². The molecule has 3 heterocycles. The highest BCUT2D eigenvalue weighted by Crippen LogP contribution is 2.27. The third kappa shape index (κ3) is 5.97. The molecule has 3 aliphatic rings. The van der Waals surface area contributed by atoms with Gasteiger partial charge in [0.15, 0.2) is 18.9 Å². The Bertz CT molecular complexity index is 609. The molecule has 10 N–H and O–H groups in total. The van der Waals surface area contributed by atoms with Gasteiger partial charge in [-0.05, 0) is 0 Å². The van der Waals surface area contributed by atoms with Crippen LogP contribution in [0.15, 0.2) is 0 Å². The Morgan fingerprint density at radius 2 is 1.15 bits per heavy atom. The van der Waals surface area contributed by atoms with Crippen molar-refractivity contribution in [2.24, 2.45) is 0 Å². The van der Waals surface area contributed by atoms with Crippen molar-refractivity contribution in [3.05, 3.63) is 0 Å². The van der Waals surface area contributed by atoms with Gasteiger partial charge in [0.05, 0.1) is 32.0 Å². The topological polar surface area (TPSA) is 248 Å². The Labute approximate surface area is 187 Å². The Kier molecular flexibility index (Phi) is 9.35. The Morgan fingerprint density at radius 3 is 1.82 bits per heavy atom. The first kappa shape index (κ1) is 27.0. The van der Waals surface area contributed by atoms with Gasteiger partial charge in [-0.1, -0.05) is 0 Å². The Balaban J connectivity index is 1.53. The molecule has 0 amide bonds. The summed E-state index contributed by atoms with van der Waals surface area (Å²) in [5, 5.41) is 97.9. The van der Waals surface area contributed by atoms with Crippen molar-refractivity contribution in [1.82, 2.24) is 0 Å². The van der Waals surface area contributed by atoms with Gasteiger partial charge < -0.3 is 74.7 Å². The molecule has 0 aromatic carbocycles. The summed E-state index contributed by atoms with van der Waals surface area (Å²) in [5.41, 5.74) is 0. The van der Waals surface area contributed by atoms with Crippen LogP contribution in [0.4, 0.5) is 0 Å². The number of hydrogen-bond acceptors (Lipinski definition) is 15. The molecule has 0 spiro atoms. The predicted octanol–water partition coefficient (Wildman–Crippen LogP) is -6.54. The van der Waals surface area contributed by atoms with Crippen molar-refractivity contribution in [3.63, 3.8) is 0 Å². The van der Waals surface area contributed by atoms with Gasteiger partial charge in [-0.25, -0.2) is 0 Å². The van der Waals surface area contributed by atoms with Crippen molar-refractivity contribution in [1.29, 1.82) is 0 Å². The zero-order valence-corrected chi connectivity index (χ0v) is 17.4. The third-order valence-corrected chi connectivity index (χ3v) is 5.91. The van der Waals surface area contributed by atoms with Gasteiger partial charge in [-0.2, -0.15) is 0 Å². The zero-order valence-electron chi connectivity index (χ0n) is 17.4. The molecule has 0 bridgehead atoms. The fraction of sp³-hybridized carbons (Fsp3) is 1.00. The summed E-state index contributed by atoms with van der Waals surface area (Å²) in [6, 6.07) is 0. The van der Waals surface area contributed by atoms with Crippen LogP contribution in [0.5, 0.6) is 0 Å². The molecule has 0 aromatic rings. The minimum Gasteiger partial charge on any atom is -0.394 e. The van der Waals surface area contributed by atoms with Crippen molar-refractivity contribution < 1.29 is 74.7 Å². The number of ether oxygens (including phenoxy) is 5. The van der Waals surface area contributed by atoms with Crippen molar-refractivity contribution >= 4 is 0 Å². The second kappa shape index (κ2) is 11.4. The summed E-state index contributed by atoms with van der Waals surface area (Å²) in [6.07, 6.45) is -20.8. The molecule has 3 saturated heterocycles. The molecule has 3 aliphatic heterocycles. The van der Waals surface area contributed by atoms with Crippen LogP contribution < -0.4 is 0 Å². The maximum atomic E-state index is 10.1. The normalized spacial score (nSPS) is 51.5. The van der Waals surface area contributed by atoms with E-state index in [1.165, 1.54) is 0 Å². The molecule has 14 atom stereocenters. The second-order valence-corrected chi connectivity index (χ2v) is 8.32. The van der Waals surface area contributed by atoms with Gasteiger partial charge >= 0.3 is 0 Å². The Hall–Kier alpha value is -0.600. The molecule has 0 radical (unpaired) electrons. The van der Waals surface area contributed by atoms with Crippen LogP contribution in [0.2, 0.25) is 0 Å². The number of hydrogen-bond donors (Lipinski definition) is 10. The van der Waals surface area contributed by atoms with E-state index in [0.29, 0.717) is 0 Å². The quantitative estimate of drug-likeness (QED) is 0.160. The SMILES string of the molecule is OC[C@H]1O[C@@H](OC[C@@H]2C[C@H](O)[C@@H](O)[C@H](OC[C@H]3O[C@@H](O)[C@H](O)[C@@H](O)[C@H]3O)O2)[C@H](O)[C@@H](O)[C@@H]1O. The first-order chi connectivity index (χ1) is 15.5. The minimum atomic E-state index is -1.78. The first-order valence-electron chi connectivity index (χ1n) is 10.5. The summed E-state index contributed by atoms with van der Waals surface area (Å²) >= 11 is 0. The van der Waals surface area contributed by atoms with E-state index in [4.69, 9.17) is 23.7 Å². The largest absolute Gasteiger partial charge is 0.394 e. The average molecular weight is 488 g/mol. The monoisotopic (exact) mass is 488 g/mol. The highest BCUT2D eigenvalue weighted by molar-refractivity contribution is 4.90. The molecule has 3 rings (SSSR count). The highest BCUT2D eigenvalue weighted by Gasteiger charge is 2.46. The number of aliphatic hydroxyl groups excluding tert-OH is 10. The van der Waals surface area contributed by atoms with E-state index in [1.54, 1.807) is 0 Å². The number of aliphatic hydroxyl groups is 10. The fourth-order valence-electron chi connectivity index (χ4n) is 3.83. The fourth-order valence-corrected chi connectivity index (χ4v) is 3.83. The molecular formula is C18H32O15. The first-order valence-corrected chi connectivity index (χ1v) is 10.5. The van der Waals surface area contributed by atoms with E-state index in [2.05, 4.69) is 0 Å². The zero-order chi connectivity index (χ0) is 24.4. The van der Waals surface area contributed by atoms with Crippen LogP contribution in [0.1, 0.15) is 6.42 Å². The minimum absolute atomic E-state index is 0.107. The lowest BCUT2D eigenvalue weighted by molar-refractivity contribution is -0.327. The van der Waals surface area contributed by atoms with Gasteiger partial charge in [0.25, 0.3) is 0 Å². The third-order valence-electron chi connectivity index (χ3n) is 5.91. The average Bonchev–Trinajstić information content (AvgIpc) is 2.79. The lowest BCUT2D eigenvalue weighted by Gasteiger charge is -2.42. The van der Waals surface area contributed by atoms with Crippen molar-refractivity contribution in [2.75, 3.05) is 19.8 Å². The maximum Gasteiger partial charge on any atom is 0.186 e. The predicted molar refractivity (Wildman–Crippen MR) is 99.9 cm³/mol. The summed E-state index contributed by atoms with van der Waals surface area (Å²) < 4.78 is 26.5. The van der Waals surface area contributed by atoms with Crippen LogP contribution >= 0.6 is 0 Å². The maximum absolute atomic E-state index is 10.1.